The van der Waals surface area contributed by atoms with Gasteiger partial charge in [0.15, 0.2) is 5.16 Å². The van der Waals surface area contributed by atoms with Gasteiger partial charge in [0.25, 0.3) is 5.56 Å². The van der Waals surface area contributed by atoms with Crippen LogP contribution in [0.1, 0.15) is 30.7 Å². The summed E-state index contributed by atoms with van der Waals surface area (Å²) in [7, 11) is 0. The standard InChI is InChI=1S/C14H16N2O2S2/c1-7-3-4-9-10(5-7)20-13-11(9)12(18)15-14(16-13)19-6-8(2)17/h7H,3-6H2,1-2H3,(H,15,16,18)/t7-/m1/s1. The zero-order valence-electron chi connectivity index (χ0n) is 11.5. The van der Waals surface area contributed by atoms with E-state index in [1.807, 2.05) is 0 Å². The fraction of sp³-hybridized carbons (Fsp3) is 0.500. The first-order valence-corrected chi connectivity index (χ1v) is 8.51. The summed E-state index contributed by atoms with van der Waals surface area (Å²) in [6, 6.07) is 0. The van der Waals surface area contributed by atoms with E-state index in [0.717, 1.165) is 29.5 Å². The molecule has 0 spiro atoms. The summed E-state index contributed by atoms with van der Waals surface area (Å²) in [5, 5.41) is 1.31. The van der Waals surface area contributed by atoms with Gasteiger partial charge in [-0.2, -0.15) is 0 Å². The van der Waals surface area contributed by atoms with Crippen molar-refractivity contribution in [1.82, 2.24) is 9.97 Å². The van der Waals surface area contributed by atoms with E-state index in [-0.39, 0.29) is 11.3 Å². The molecule has 0 amide bonds. The lowest BCUT2D eigenvalue weighted by molar-refractivity contribution is -0.114. The van der Waals surface area contributed by atoms with Crippen molar-refractivity contribution in [2.75, 3.05) is 5.75 Å². The number of Topliss-reactive ketones (excluding diaryl/α,β-unsaturated/α-hetero) is 1. The third kappa shape index (κ3) is 2.54. The summed E-state index contributed by atoms with van der Waals surface area (Å²) in [4.78, 5) is 32.7. The van der Waals surface area contributed by atoms with Crippen LogP contribution < -0.4 is 5.56 Å². The highest BCUT2D eigenvalue weighted by atomic mass is 32.2. The predicted molar refractivity (Wildman–Crippen MR) is 82.8 cm³/mol. The van der Waals surface area contributed by atoms with Gasteiger partial charge in [-0.15, -0.1) is 11.3 Å². The maximum atomic E-state index is 12.3. The number of hydrogen-bond donors (Lipinski definition) is 1. The third-order valence-corrected chi connectivity index (χ3v) is 5.72. The third-order valence-electron chi connectivity index (χ3n) is 3.56. The quantitative estimate of drug-likeness (QED) is 0.699. The van der Waals surface area contributed by atoms with E-state index in [1.165, 1.54) is 29.1 Å². The predicted octanol–water partition coefficient (Wildman–Crippen LogP) is 2.79. The van der Waals surface area contributed by atoms with Gasteiger partial charge in [-0.25, -0.2) is 4.98 Å². The van der Waals surface area contributed by atoms with Crippen molar-refractivity contribution in [3.63, 3.8) is 0 Å². The molecule has 2 heterocycles. The van der Waals surface area contributed by atoms with E-state index in [1.54, 1.807) is 11.3 Å². The number of H-pyrrole nitrogens is 1. The maximum Gasteiger partial charge on any atom is 0.260 e. The normalized spacial score (nSPS) is 18.2. The summed E-state index contributed by atoms with van der Waals surface area (Å²) < 4.78 is 0. The van der Waals surface area contributed by atoms with Crippen LogP contribution in [0.5, 0.6) is 0 Å². The molecule has 0 saturated carbocycles. The Morgan fingerprint density at radius 2 is 2.35 bits per heavy atom. The highest BCUT2D eigenvalue weighted by Gasteiger charge is 2.23. The summed E-state index contributed by atoms with van der Waals surface area (Å²) in [6.07, 6.45) is 3.16. The van der Waals surface area contributed by atoms with Gasteiger partial charge in [0.2, 0.25) is 0 Å². The van der Waals surface area contributed by atoms with E-state index in [4.69, 9.17) is 0 Å². The molecular weight excluding hydrogens is 292 g/mol. The Labute approximate surface area is 125 Å². The molecule has 2 aromatic rings. The Hall–Kier alpha value is -1.14. The van der Waals surface area contributed by atoms with Gasteiger partial charge in [0.05, 0.1) is 11.1 Å². The molecule has 0 saturated heterocycles. The fourth-order valence-electron chi connectivity index (χ4n) is 2.57. The van der Waals surface area contributed by atoms with E-state index in [2.05, 4.69) is 16.9 Å². The summed E-state index contributed by atoms with van der Waals surface area (Å²) in [5.74, 6) is 1.11. The lowest BCUT2D eigenvalue weighted by Gasteiger charge is -2.17. The minimum absolute atomic E-state index is 0.0619. The Kier molecular flexibility index (Phi) is 3.69. The average Bonchev–Trinajstić information content (AvgIpc) is 2.73. The smallest absolute Gasteiger partial charge is 0.260 e. The number of aryl methyl sites for hydroxylation is 1. The molecule has 20 heavy (non-hydrogen) atoms. The molecule has 0 fully saturated rings. The molecule has 0 radical (unpaired) electrons. The Morgan fingerprint density at radius 3 is 3.10 bits per heavy atom. The molecule has 1 aliphatic carbocycles. The topological polar surface area (TPSA) is 62.8 Å². The number of fused-ring (bicyclic) bond motifs is 3. The molecule has 0 aliphatic heterocycles. The number of ketones is 1. The lowest BCUT2D eigenvalue weighted by atomic mass is 9.89. The first-order chi connectivity index (χ1) is 9.54. The fourth-order valence-corrected chi connectivity index (χ4v) is 4.67. The Morgan fingerprint density at radius 1 is 1.55 bits per heavy atom. The van der Waals surface area contributed by atoms with Gasteiger partial charge in [-0.05, 0) is 37.7 Å². The number of thioether (sulfide) groups is 1. The van der Waals surface area contributed by atoms with Gasteiger partial charge in [0, 0.05) is 4.88 Å². The molecule has 4 nitrogen and oxygen atoms in total. The van der Waals surface area contributed by atoms with E-state index in [0.29, 0.717) is 16.8 Å². The van der Waals surface area contributed by atoms with E-state index >= 15 is 0 Å². The minimum atomic E-state index is -0.0619. The second-order valence-electron chi connectivity index (χ2n) is 5.39. The second kappa shape index (κ2) is 5.33. The number of nitrogens with zero attached hydrogens (tertiary/aromatic N) is 1. The molecule has 0 unspecified atom stereocenters. The number of carbonyl (C=O) groups excluding carboxylic acids is 1. The number of hydrogen-bond acceptors (Lipinski definition) is 5. The summed E-state index contributed by atoms with van der Waals surface area (Å²) >= 11 is 2.93. The van der Waals surface area contributed by atoms with Crippen LogP contribution >= 0.6 is 23.1 Å². The number of aromatic amines is 1. The van der Waals surface area contributed by atoms with Crippen molar-refractivity contribution in [1.29, 1.82) is 0 Å². The molecular formula is C14H16N2O2S2. The highest BCUT2D eigenvalue weighted by molar-refractivity contribution is 7.99. The first kappa shape index (κ1) is 13.8. The van der Waals surface area contributed by atoms with Crippen LogP contribution in [-0.2, 0) is 17.6 Å². The van der Waals surface area contributed by atoms with Crippen molar-refractivity contribution in [2.45, 2.75) is 38.3 Å². The van der Waals surface area contributed by atoms with Gasteiger partial charge < -0.3 is 4.98 Å². The maximum absolute atomic E-state index is 12.3. The van der Waals surface area contributed by atoms with Gasteiger partial charge in [-0.1, -0.05) is 18.7 Å². The van der Waals surface area contributed by atoms with Crippen LogP contribution in [0.4, 0.5) is 0 Å². The van der Waals surface area contributed by atoms with Gasteiger partial charge >= 0.3 is 0 Å². The molecule has 0 aromatic carbocycles. The molecule has 1 N–H and O–H groups in total. The van der Waals surface area contributed by atoms with Crippen molar-refractivity contribution in [3.05, 3.63) is 20.8 Å². The summed E-state index contributed by atoms with van der Waals surface area (Å²) in [6.45, 7) is 3.79. The summed E-state index contributed by atoms with van der Waals surface area (Å²) in [5.41, 5.74) is 1.13. The van der Waals surface area contributed by atoms with Crippen LogP contribution in [0.3, 0.4) is 0 Å². The van der Waals surface area contributed by atoms with Crippen molar-refractivity contribution < 1.29 is 4.79 Å². The van der Waals surface area contributed by atoms with Crippen LogP contribution in [0.15, 0.2) is 9.95 Å². The Balaban J connectivity index is 2.05. The van der Waals surface area contributed by atoms with Crippen LogP contribution in [0.25, 0.3) is 10.2 Å². The van der Waals surface area contributed by atoms with E-state index < -0.39 is 0 Å². The molecule has 3 rings (SSSR count). The number of carbonyl (C=O) groups is 1. The molecule has 6 heteroatoms. The minimum Gasteiger partial charge on any atom is -0.301 e. The Bertz CT molecular complexity index is 733. The van der Waals surface area contributed by atoms with Crippen LogP contribution in [-0.4, -0.2) is 21.5 Å². The molecule has 0 bridgehead atoms. The zero-order chi connectivity index (χ0) is 14.3. The zero-order valence-corrected chi connectivity index (χ0v) is 13.1. The number of nitrogens with one attached hydrogen (secondary N) is 1. The number of thiophene rings is 1. The number of aromatic nitrogens is 2. The second-order valence-corrected chi connectivity index (χ2v) is 7.44. The lowest BCUT2D eigenvalue weighted by Crippen LogP contribution is -2.13. The van der Waals surface area contributed by atoms with Gasteiger partial charge in [-0.3, -0.25) is 9.59 Å². The van der Waals surface area contributed by atoms with Crippen molar-refractivity contribution in [2.24, 2.45) is 5.92 Å². The van der Waals surface area contributed by atoms with E-state index in [9.17, 15) is 9.59 Å². The van der Waals surface area contributed by atoms with Crippen LogP contribution in [0, 0.1) is 5.92 Å². The molecule has 106 valence electrons. The largest absolute Gasteiger partial charge is 0.301 e. The molecule has 2 aromatic heterocycles. The molecule has 1 atom stereocenters. The number of rotatable bonds is 3. The molecule has 1 aliphatic rings. The first-order valence-electron chi connectivity index (χ1n) is 6.71. The average molecular weight is 308 g/mol. The SMILES string of the molecule is CC(=O)CSc1nc2sc3c(c2c(=O)[nH]1)CC[C@@H](C)C3. The monoisotopic (exact) mass is 308 g/mol. The van der Waals surface area contributed by atoms with Crippen LogP contribution in [0.2, 0.25) is 0 Å². The van der Waals surface area contributed by atoms with Gasteiger partial charge in [0.1, 0.15) is 10.6 Å². The van der Waals surface area contributed by atoms with Crippen molar-refractivity contribution in [3.8, 4) is 0 Å². The van der Waals surface area contributed by atoms with Crippen molar-refractivity contribution >= 4 is 39.1 Å². The highest BCUT2D eigenvalue weighted by Crippen LogP contribution is 2.36.